The molecule has 0 unspecified atom stereocenters. The Hall–Kier alpha value is -2.55. The number of rotatable bonds is 7. The van der Waals surface area contributed by atoms with E-state index in [0.29, 0.717) is 0 Å². The summed E-state index contributed by atoms with van der Waals surface area (Å²) in [6, 6.07) is 16.4. The first kappa shape index (κ1) is 20.7. The molecule has 2 aromatic carbocycles. The lowest BCUT2D eigenvalue weighted by molar-refractivity contribution is -0.697. The predicted octanol–water partition coefficient (Wildman–Crippen LogP) is 2.31. The van der Waals surface area contributed by atoms with Gasteiger partial charge in [0.15, 0.2) is 11.0 Å². The predicted molar refractivity (Wildman–Crippen MR) is 119 cm³/mol. The van der Waals surface area contributed by atoms with Gasteiger partial charge in [-0.3, -0.25) is 0 Å². The molecule has 1 aliphatic heterocycles. The molecule has 0 bridgehead atoms. The quantitative estimate of drug-likeness (QED) is 0.585. The number of nitrogens with zero attached hydrogens (tertiary/aromatic N) is 4. The van der Waals surface area contributed by atoms with E-state index >= 15 is 0 Å². The van der Waals surface area contributed by atoms with Crippen molar-refractivity contribution >= 4 is 17.4 Å². The van der Waals surface area contributed by atoms with Crippen LogP contribution in [0.1, 0.15) is 11.8 Å². The average Bonchev–Trinajstić information content (AvgIpc) is 3.39. The zero-order valence-electron chi connectivity index (χ0n) is 17.8. The van der Waals surface area contributed by atoms with Crippen molar-refractivity contribution in [1.82, 2.24) is 14.8 Å². The van der Waals surface area contributed by atoms with Gasteiger partial charge in [-0.1, -0.05) is 11.8 Å². The van der Waals surface area contributed by atoms with E-state index < -0.39 is 0 Å². The maximum absolute atomic E-state index is 6.27. The van der Waals surface area contributed by atoms with Crippen LogP contribution in [-0.4, -0.2) is 54.4 Å². The topological polar surface area (TPSA) is 69.0 Å². The molecule has 30 heavy (non-hydrogen) atoms. The van der Waals surface area contributed by atoms with Crippen LogP contribution in [0.25, 0.3) is 11.4 Å². The van der Waals surface area contributed by atoms with Gasteiger partial charge < -0.3 is 24.3 Å². The van der Waals surface area contributed by atoms with Gasteiger partial charge in [0.05, 0.1) is 7.11 Å². The molecule has 0 spiro atoms. The van der Waals surface area contributed by atoms with E-state index in [0.717, 1.165) is 34.6 Å². The Morgan fingerprint density at radius 1 is 1.13 bits per heavy atom. The highest BCUT2D eigenvalue weighted by Crippen LogP contribution is 2.26. The van der Waals surface area contributed by atoms with E-state index in [-0.39, 0.29) is 12.3 Å². The van der Waals surface area contributed by atoms with Gasteiger partial charge in [0.25, 0.3) is 0 Å². The standard InChI is InChI=1S/C22H27N5O2S/c1-26(2)17-9-5-16(6-10-17)21-23-13-19(29-21)14-30-22-25-24-20(27(22)3)15-7-11-18(28-4)12-8-15/h5-12,19,21,23H,13-14H2,1-4H3/p+1/t19-,21-/m0/s1. The summed E-state index contributed by atoms with van der Waals surface area (Å²) in [5, 5.41) is 11.9. The Morgan fingerprint density at radius 2 is 1.87 bits per heavy atom. The Balaban J connectivity index is 1.34. The normalized spacial score (nSPS) is 18.5. The van der Waals surface area contributed by atoms with Gasteiger partial charge in [-0.2, -0.15) is 0 Å². The summed E-state index contributed by atoms with van der Waals surface area (Å²) < 4.78 is 13.5. The molecule has 158 valence electrons. The molecule has 0 aliphatic carbocycles. The van der Waals surface area contributed by atoms with Crippen LogP contribution in [0.15, 0.2) is 53.7 Å². The van der Waals surface area contributed by atoms with Crippen LogP contribution >= 0.6 is 11.8 Å². The smallest absolute Gasteiger partial charge is 0.217 e. The monoisotopic (exact) mass is 426 g/mol. The first-order chi connectivity index (χ1) is 14.5. The molecule has 1 fully saturated rings. The van der Waals surface area contributed by atoms with Crippen LogP contribution in [0, 0.1) is 0 Å². The molecule has 2 atom stereocenters. The molecule has 7 nitrogen and oxygen atoms in total. The molecule has 2 heterocycles. The second-order valence-corrected chi connectivity index (χ2v) is 8.53. The van der Waals surface area contributed by atoms with Gasteiger partial charge in [0.1, 0.15) is 18.4 Å². The summed E-state index contributed by atoms with van der Waals surface area (Å²) in [4.78, 5) is 2.10. The lowest BCUT2D eigenvalue weighted by atomic mass is 10.2. The molecule has 1 saturated heterocycles. The van der Waals surface area contributed by atoms with Crippen molar-refractivity contribution in [3.63, 3.8) is 0 Å². The number of ether oxygens (including phenoxy) is 2. The maximum Gasteiger partial charge on any atom is 0.217 e. The number of aromatic nitrogens is 3. The van der Waals surface area contributed by atoms with Crippen LogP contribution in [0.2, 0.25) is 0 Å². The third-order valence-corrected chi connectivity index (χ3v) is 6.42. The number of methoxy groups -OCH3 is 1. The number of thioether (sulfide) groups is 1. The van der Waals surface area contributed by atoms with E-state index in [1.807, 2.05) is 50.0 Å². The average molecular weight is 427 g/mol. The Morgan fingerprint density at radius 3 is 2.53 bits per heavy atom. The minimum atomic E-state index is 0.0566. The summed E-state index contributed by atoms with van der Waals surface area (Å²) in [7, 11) is 7.76. The van der Waals surface area contributed by atoms with Gasteiger partial charge in [0, 0.05) is 43.7 Å². The Labute approximate surface area is 181 Å². The fraction of sp³-hybridized carbons (Fsp3) is 0.364. The zero-order valence-corrected chi connectivity index (χ0v) is 18.6. The van der Waals surface area contributed by atoms with Crippen molar-refractivity contribution in [2.75, 3.05) is 38.4 Å². The highest BCUT2D eigenvalue weighted by atomic mass is 32.2. The third-order valence-electron chi connectivity index (χ3n) is 5.27. The molecule has 2 N–H and O–H groups in total. The molecule has 0 radical (unpaired) electrons. The first-order valence-corrected chi connectivity index (χ1v) is 11.0. The zero-order chi connectivity index (χ0) is 21.1. The first-order valence-electron chi connectivity index (χ1n) is 9.98. The minimum Gasteiger partial charge on any atom is -0.497 e. The summed E-state index contributed by atoms with van der Waals surface area (Å²) in [5.74, 6) is 2.52. The molecular weight excluding hydrogens is 398 g/mol. The van der Waals surface area contributed by atoms with Crippen molar-refractivity contribution in [1.29, 1.82) is 0 Å². The highest BCUT2D eigenvalue weighted by Gasteiger charge is 2.30. The fourth-order valence-corrected chi connectivity index (χ4v) is 4.41. The molecular formula is C22H28N5O2S+. The van der Waals surface area contributed by atoms with Gasteiger partial charge in [-0.15, -0.1) is 10.2 Å². The van der Waals surface area contributed by atoms with Gasteiger partial charge in [0.2, 0.25) is 6.23 Å². The molecule has 8 heteroatoms. The summed E-state index contributed by atoms with van der Waals surface area (Å²) in [6.45, 7) is 0.941. The number of benzene rings is 2. The number of hydrogen-bond donors (Lipinski definition) is 1. The van der Waals surface area contributed by atoms with Gasteiger partial charge >= 0.3 is 0 Å². The lowest BCUT2D eigenvalue weighted by Gasteiger charge is -2.14. The van der Waals surface area contributed by atoms with Crippen molar-refractivity contribution in [2.24, 2.45) is 7.05 Å². The summed E-state index contributed by atoms with van der Waals surface area (Å²) >= 11 is 1.68. The van der Waals surface area contributed by atoms with Gasteiger partial charge in [-0.05, 0) is 48.5 Å². The van der Waals surface area contributed by atoms with Crippen LogP contribution in [0.4, 0.5) is 5.69 Å². The number of anilines is 1. The number of quaternary nitrogens is 1. The van der Waals surface area contributed by atoms with E-state index in [1.54, 1.807) is 18.9 Å². The van der Waals surface area contributed by atoms with Crippen LogP contribution < -0.4 is 15.0 Å². The van der Waals surface area contributed by atoms with Crippen molar-refractivity contribution in [3.8, 4) is 17.1 Å². The third kappa shape index (κ3) is 4.45. The molecule has 3 aromatic rings. The SMILES string of the molecule is COc1ccc(-c2nnc(SC[C@@H]3C[NH2+][C@H](c4ccc(N(C)C)cc4)O3)n2C)cc1. The lowest BCUT2D eigenvalue weighted by Crippen LogP contribution is -2.82. The number of nitrogens with two attached hydrogens (primary N) is 1. The highest BCUT2D eigenvalue weighted by molar-refractivity contribution is 7.99. The second kappa shape index (κ2) is 9.07. The van der Waals surface area contributed by atoms with E-state index in [9.17, 15) is 0 Å². The van der Waals surface area contributed by atoms with Gasteiger partial charge in [-0.25, -0.2) is 0 Å². The van der Waals surface area contributed by atoms with Crippen molar-refractivity contribution in [2.45, 2.75) is 17.5 Å². The molecule has 0 amide bonds. The molecule has 1 aromatic heterocycles. The van der Waals surface area contributed by atoms with Crippen LogP contribution in [-0.2, 0) is 11.8 Å². The van der Waals surface area contributed by atoms with Crippen molar-refractivity contribution < 1.29 is 14.8 Å². The summed E-state index contributed by atoms with van der Waals surface area (Å²) in [5.41, 5.74) is 3.41. The maximum atomic E-state index is 6.27. The summed E-state index contributed by atoms with van der Waals surface area (Å²) in [6.07, 6.45) is 0.232. The minimum absolute atomic E-state index is 0.0566. The largest absolute Gasteiger partial charge is 0.497 e. The Kier molecular flexibility index (Phi) is 6.26. The van der Waals surface area contributed by atoms with Crippen LogP contribution in [0.5, 0.6) is 5.75 Å². The fourth-order valence-electron chi connectivity index (χ4n) is 3.48. The van der Waals surface area contributed by atoms with Crippen molar-refractivity contribution in [3.05, 3.63) is 54.1 Å². The van der Waals surface area contributed by atoms with Crippen LogP contribution in [0.3, 0.4) is 0 Å². The van der Waals surface area contributed by atoms with E-state index in [1.165, 1.54) is 11.3 Å². The molecule has 4 rings (SSSR count). The second-order valence-electron chi connectivity index (χ2n) is 7.54. The van der Waals surface area contributed by atoms with E-state index in [2.05, 4.69) is 44.7 Å². The number of hydrogen-bond acceptors (Lipinski definition) is 6. The Bertz CT molecular complexity index is 972. The molecule has 0 saturated carbocycles. The molecule has 1 aliphatic rings. The van der Waals surface area contributed by atoms with E-state index in [4.69, 9.17) is 9.47 Å².